The molecule has 0 saturated heterocycles. The molecular formula is C14H23N3O2S. The third-order valence-corrected chi connectivity index (χ3v) is 5.28. The van der Waals surface area contributed by atoms with Crippen LogP contribution in [0.3, 0.4) is 0 Å². The molecule has 2 rings (SSSR count). The lowest BCUT2D eigenvalue weighted by Gasteiger charge is -2.18. The Morgan fingerprint density at radius 1 is 1.25 bits per heavy atom. The maximum Gasteiger partial charge on any atom is 0.214 e. The van der Waals surface area contributed by atoms with Crippen LogP contribution >= 0.6 is 0 Å². The second-order valence-electron chi connectivity index (χ2n) is 6.25. The van der Waals surface area contributed by atoms with Gasteiger partial charge in [0.1, 0.15) is 5.82 Å². The fraction of sp³-hybridized carbons (Fsp3) is 0.643. The van der Waals surface area contributed by atoms with Gasteiger partial charge in [-0.1, -0.05) is 26.8 Å². The van der Waals surface area contributed by atoms with Crippen molar-refractivity contribution in [1.29, 1.82) is 0 Å². The van der Waals surface area contributed by atoms with Gasteiger partial charge in [-0.05, 0) is 29.9 Å². The van der Waals surface area contributed by atoms with Gasteiger partial charge in [0.05, 0.1) is 5.25 Å². The SMILES string of the molecule is CC(C)(C)c1ccc(NCCNS(=O)(=O)C2CC2)nc1. The zero-order chi connectivity index (χ0) is 14.8. The minimum absolute atomic E-state index is 0.0887. The van der Waals surface area contributed by atoms with Crippen LogP contribution in [0.2, 0.25) is 0 Å². The van der Waals surface area contributed by atoms with E-state index < -0.39 is 10.0 Å². The molecule has 0 bridgehead atoms. The van der Waals surface area contributed by atoms with E-state index in [1.807, 2.05) is 18.3 Å². The highest BCUT2D eigenvalue weighted by Gasteiger charge is 2.35. The molecule has 0 radical (unpaired) electrons. The summed E-state index contributed by atoms with van der Waals surface area (Å²) in [6, 6.07) is 3.97. The molecule has 2 N–H and O–H groups in total. The molecule has 1 fully saturated rings. The molecule has 0 spiro atoms. The molecular weight excluding hydrogens is 274 g/mol. The van der Waals surface area contributed by atoms with Gasteiger partial charge >= 0.3 is 0 Å². The average molecular weight is 297 g/mol. The third kappa shape index (κ3) is 4.18. The number of hydrogen-bond acceptors (Lipinski definition) is 4. The zero-order valence-corrected chi connectivity index (χ0v) is 13.1. The predicted octanol–water partition coefficient (Wildman–Crippen LogP) is 1.87. The van der Waals surface area contributed by atoms with Crippen LogP contribution in [-0.2, 0) is 15.4 Å². The lowest BCUT2D eigenvalue weighted by Crippen LogP contribution is -2.31. The molecule has 0 amide bonds. The Kier molecular flexibility index (Phi) is 4.34. The second kappa shape index (κ2) is 5.69. The van der Waals surface area contributed by atoms with Crippen molar-refractivity contribution in [2.45, 2.75) is 44.3 Å². The average Bonchev–Trinajstić information content (AvgIpc) is 3.19. The predicted molar refractivity (Wildman–Crippen MR) is 81.4 cm³/mol. The van der Waals surface area contributed by atoms with Crippen LogP contribution in [0, 0.1) is 0 Å². The maximum absolute atomic E-state index is 11.6. The smallest absolute Gasteiger partial charge is 0.214 e. The summed E-state index contributed by atoms with van der Waals surface area (Å²) in [5, 5.41) is 2.96. The van der Waals surface area contributed by atoms with Gasteiger partial charge in [0.25, 0.3) is 0 Å². The largest absolute Gasteiger partial charge is 0.369 e. The van der Waals surface area contributed by atoms with Gasteiger partial charge in [-0.3, -0.25) is 0 Å². The highest BCUT2D eigenvalue weighted by atomic mass is 32.2. The number of nitrogens with one attached hydrogen (secondary N) is 2. The third-order valence-electron chi connectivity index (χ3n) is 3.33. The summed E-state index contributed by atoms with van der Waals surface area (Å²) in [4.78, 5) is 4.34. The van der Waals surface area contributed by atoms with Crippen molar-refractivity contribution in [2.24, 2.45) is 0 Å². The summed E-state index contributed by atoms with van der Waals surface area (Å²) < 4.78 is 25.8. The summed E-state index contributed by atoms with van der Waals surface area (Å²) in [6.45, 7) is 7.35. The molecule has 1 aromatic heterocycles. The Morgan fingerprint density at radius 3 is 2.45 bits per heavy atom. The van der Waals surface area contributed by atoms with Crippen molar-refractivity contribution < 1.29 is 8.42 Å². The Labute approximate surface area is 121 Å². The molecule has 5 nitrogen and oxygen atoms in total. The van der Waals surface area contributed by atoms with Crippen molar-refractivity contribution in [2.75, 3.05) is 18.4 Å². The van der Waals surface area contributed by atoms with Gasteiger partial charge in [-0.2, -0.15) is 0 Å². The first-order chi connectivity index (χ1) is 9.29. The lowest BCUT2D eigenvalue weighted by molar-refractivity contribution is 0.581. The molecule has 112 valence electrons. The van der Waals surface area contributed by atoms with Gasteiger partial charge in [0.15, 0.2) is 0 Å². The number of sulfonamides is 1. The van der Waals surface area contributed by atoms with Crippen LogP contribution in [0.15, 0.2) is 18.3 Å². The van der Waals surface area contributed by atoms with Crippen molar-refractivity contribution in [3.63, 3.8) is 0 Å². The Bertz CT molecular complexity index is 543. The van der Waals surface area contributed by atoms with E-state index in [0.717, 1.165) is 18.7 Å². The standard InChI is InChI=1S/C14H23N3O2S/c1-14(2,3)11-4-7-13(16-10-11)15-8-9-17-20(18,19)12-5-6-12/h4,7,10,12,17H,5-6,8-9H2,1-3H3,(H,15,16). The number of hydrogen-bond donors (Lipinski definition) is 2. The minimum Gasteiger partial charge on any atom is -0.369 e. The first-order valence-electron chi connectivity index (χ1n) is 6.98. The molecule has 1 aliphatic rings. The zero-order valence-electron chi connectivity index (χ0n) is 12.3. The summed E-state index contributed by atoms with van der Waals surface area (Å²) in [6.07, 6.45) is 3.44. The highest BCUT2D eigenvalue weighted by molar-refractivity contribution is 7.90. The van der Waals surface area contributed by atoms with Crippen molar-refractivity contribution in [3.8, 4) is 0 Å². The topological polar surface area (TPSA) is 71.1 Å². The maximum atomic E-state index is 11.6. The first-order valence-corrected chi connectivity index (χ1v) is 8.52. The van der Waals surface area contributed by atoms with E-state index in [-0.39, 0.29) is 10.7 Å². The second-order valence-corrected chi connectivity index (χ2v) is 8.29. The van der Waals surface area contributed by atoms with E-state index in [4.69, 9.17) is 0 Å². The van der Waals surface area contributed by atoms with E-state index >= 15 is 0 Å². The lowest BCUT2D eigenvalue weighted by atomic mass is 9.88. The van der Waals surface area contributed by atoms with Gasteiger partial charge < -0.3 is 5.32 Å². The van der Waals surface area contributed by atoms with Gasteiger partial charge in [-0.25, -0.2) is 18.1 Å². The number of rotatable bonds is 6. The van der Waals surface area contributed by atoms with Crippen LogP contribution in [0.1, 0.15) is 39.2 Å². The molecule has 1 saturated carbocycles. The normalized spacial score (nSPS) is 16.1. The van der Waals surface area contributed by atoms with Crippen LogP contribution < -0.4 is 10.0 Å². The molecule has 0 aromatic carbocycles. The van der Waals surface area contributed by atoms with Crippen LogP contribution in [0.25, 0.3) is 0 Å². The molecule has 1 heterocycles. The van der Waals surface area contributed by atoms with Crippen LogP contribution in [0.5, 0.6) is 0 Å². The monoisotopic (exact) mass is 297 g/mol. The summed E-state index contributed by atoms with van der Waals surface area (Å²) >= 11 is 0. The quantitative estimate of drug-likeness (QED) is 0.786. The number of anilines is 1. The molecule has 0 atom stereocenters. The van der Waals surface area contributed by atoms with Crippen LogP contribution in [-0.4, -0.2) is 31.7 Å². The van der Waals surface area contributed by atoms with Gasteiger partial charge in [0.2, 0.25) is 10.0 Å². The number of pyridine rings is 1. The van der Waals surface area contributed by atoms with Gasteiger partial charge in [0, 0.05) is 19.3 Å². The molecule has 1 aliphatic carbocycles. The Balaban J connectivity index is 1.77. The first kappa shape index (κ1) is 15.3. The Hall–Kier alpha value is -1.14. The summed E-state index contributed by atoms with van der Waals surface area (Å²) in [7, 11) is -3.08. The van der Waals surface area contributed by atoms with Crippen LogP contribution in [0.4, 0.5) is 5.82 Å². The number of aromatic nitrogens is 1. The fourth-order valence-electron chi connectivity index (χ4n) is 1.82. The number of nitrogens with zero attached hydrogens (tertiary/aromatic N) is 1. The summed E-state index contributed by atoms with van der Waals surface area (Å²) in [5.41, 5.74) is 1.27. The van der Waals surface area contributed by atoms with Crippen molar-refractivity contribution >= 4 is 15.8 Å². The molecule has 0 unspecified atom stereocenters. The molecule has 1 aromatic rings. The molecule has 0 aliphatic heterocycles. The molecule has 20 heavy (non-hydrogen) atoms. The minimum atomic E-state index is -3.08. The van der Waals surface area contributed by atoms with E-state index in [0.29, 0.717) is 13.1 Å². The van der Waals surface area contributed by atoms with E-state index in [1.165, 1.54) is 5.56 Å². The fourth-order valence-corrected chi connectivity index (χ4v) is 3.20. The van der Waals surface area contributed by atoms with Crippen molar-refractivity contribution in [1.82, 2.24) is 9.71 Å². The molecule has 6 heteroatoms. The van der Waals surface area contributed by atoms with E-state index in [9.17, 15) is 8.42 Å². The Morgan fingerprint density at radius 2 is 1.95 bits per heavy atom. The highest BCUT2D eigenvalue weighted by Crippen LogP contribution is 2.27. The van der Waals surface area contributed by atoms with Gasteiger partial charge in [-0.15, -0.1) is 0 Å². The van der Waals surface area contributed by atoms with Crippen molar-refractivity contribution in [3.05, 3.63) is 23.9 Å². The van der Waals surface area contributed by atoms with E-state index in [1.54, 1.807) is 0 Å². The van der Waals surface area contributed by atoms with E-state index in [2.05, 4.69) is 35.8 Å². The summed E-state index contributed by atoms with van der Waals surface area (Å²) in [5.74, 6) is 0.767.